The first kappa shape index (κ1) is 13.7. The van der Waals surface area contributed by atoms with Crippen molar-refractivity contribution >= 4 is 35.3 Å². The molecular weight excluding hydrogens is 303 g/mol. The van der Waals surface area contributed by atoms with Crippen molar-refractivity contribution in [1.82, 2.24) is 4.90 Å². The van der Waals surface area contributed by atoms with E-state index in [-0.39, 0.29) is 41.1 Å². The molecular formula is C13H12ClFN2O2S. The third-order valence-corrected chi connectivity index (χ3v) is 4.97. The Morgan fingerprint density at radius 1 is 1.55 bits per heavy atom. The van der Waals surface area contributed by atoms with E-state index in [0.717, 1.165) is 11.5 Å². The number of carbonyl (C=O) groups is 1. The lowest BCUT2D eigenvalue weighted by Crippen LogP contribution is -2.42. The minimum Gasteiger partial charge on any atom is -0.459 e. The van der Waals surface area contributed by atoms with Crippen molar-refractivity contribution in [2.75, 3.05) is 11.5 Å². The number of nitrogens with zero attached hydrogens (tertiary/aromatic N) is 1. The molecule has 1 aromatic carbocycles. The zero-order valence-electron chi connectivity index (χ0n) is 10.4. The molecule has 2 fully saturated rings. The summed E-state index contributed by atoms with van der Waals surface area (Å²) >= 11 is 7.61. The van der Waals surface area contributed by atoms with Crippen LogP contribution in [0.15, 0.2) is 18.2 Å². The molecule has 0 unspecified atom stereocenters. The van der Waals surface area contributed by atoms with E-state index >= 15 is 0 Å². The zero-order valence-corrected chi connectivity index (χ0v) is 12.0. The van der Waals surface area contributed by atoms with Crippen molar-refractivity contribution in [3.8, 4) is 0 Å². The van der Waals surface area contributed by atoms with Gasteiger partial charge in [-0.2, -0.15) is 11.8 Å². The number of fused-ring (bicyclic) bond motifs is 1. The molecule has 106 valence electrons. The predicted molar refractivity (Wildman–Crippen MR) is 75.7 cm³/mol. The highest BCUT2D eigenvalue weighted by Gasteiger charge is 2.46. The number of hydrogen-bond donors (Lipinski definition) is 1. The van der Waals surface area contributed by atoms with Gasteiger partial charge < -0.3 is 4.74 Å². The zero-order chi connectivity index (χ0) is 14.3. The lowest BCUT2D eigenvalue weighted by molar-refractivity contribution is -0.127. The molecule has 1 aromatic rings. The van der Waals surface area contributed by atoms with Crippen LogP contribution in [0.3, 0.4) is 0 Å². The number of benzene rings is 1. The summed E-state index contributed by atoms with van der Waals surface area (Å²) in [6, 6.07) is 4.06. The Balaban J connectivity index is 1.81. The van der Waals surface area contributed by atoms with E-state index < -0.39 is 5.82 Å². The maximum Gasteiger partial charge on any atom is 0.292 e. The minimum atomic E-state index is -0.505. The lowest BCUT2D eigenvalue weighted by Gasteiger charge is -2.19. The van der Waals surface area contributed by atoms with Gasteiger partial charge in [0.1, 0.15) is 11.9 Å². The van der Waals surface area contributed by atoms with Crippen LogP contribution in [0.5, 0.6) is 0 Å². The van der Waals surface area contributed by atoms with Crippen molar-refractivity contribution in [3.05, 3.63) is 34.6 Å². The van der Waals surface area contributed by atoms with E-state index in [9.17, 15) is 9.18 Å². The second kappa shape index (κ2) is 5.26. The molecule has 0 aliphatic carbocycles. The second-order valence-electron chi connectivity index (χ2n) is 4.71. The molecule has 20 heavy (non-hydrogen) atoms. The van der Waals surface area contributed by atoms with Gasteiger partial charge in [-0.25, -0.2) is 4.39 Å². The van der Waals surface area contributed by atoms with Crippen LogP contribution < -0.4 is 0 Å². The number of rotatable bonds is 2. The summed E-state index contributed by atoms with van der Waals surface area (Å²) in [5.74, 6) is 0.660. The number of hydrogen-bond acceptors (Lipinski definition) is 4. The van der Waals surface area contributed by atoms with Crippen molar-refractivity contribution < 1.29 is 13.9 Å². The normalized spacial score (nSPS) is 24.7. The number of halogens is 2. The molecule has 0 saturated carbocycles. The standard InChI is InChI=1S/C13H12ClFN2O2S/c14-8-2-1-3-9(15)7(8)4-12(18)17-10-5-20-6-11(10)19-13(17)16/h1-3,10-11,16H,4-6H2/t10-,11+/m0/s1. The average Bonchev–Trinajstić information content (AvgIpc) is 2.93. The highest BCUT2D eigenvalue weighted by atomic mass is 35.5. The molecule has 3 rings (SSSR count). The fraction of sp³-hybridized carbons (Fsp3) is 0.385. The maximum absolute atomic E-state index is 13.7. The third kappa shape index (κ3) is 2.27. The maximum atomic E-state index is 13.7. The molecule has 4 nitrogen and oxygen atoms in total. The lowest BCUT2D eigenvalue weighted by atomic mass is 10.1. The summed E-state index contributed by atoms with van der Waals surface area (Å²) in [6.07, 6.45) is -0.280. The topological polar surface area (TPSA) is 53.4 Å². The van der Waals surface area contributed by atoms with E-state index in [1.54, 1.807) is 17.8 Å². The van der Waals surface area contributed by atoms with Crippen molar-refractivity contribution in [1.29, 1.82) is 5.41 Å². The molecule has 1 N–H and O–H groups in total. The fourth-order valence-corrected chi connectivity index (χ4v) is 3.96. The molecule has 0 aromatic heterocycles. The van der Waals surface area contributed by atoms with E-state index in [1.165, 1.54) is 17.0 Å². The van der Waals surface area contributed by atoms with Gasteiger partial charge in [-0.15, -0.1) is 0 Å². The van der Waals surface area contributed by atoms with Crippen LogP contribution in [0.4, 0.5) is 4.39 Å². The van der Waals surface area contributed by atoms with Crippen molar-refractivity contribution in [2.45, 2.75) is 18.6 Å². The van der Waals surface area contributed by atoms with Crippen LogP contribution in [-0.2, 0) is 16.0 Å². The smallest absolute Gasteiger partial charge is 0.292 e. The molecule has 0 bridgehead atoms. The Kier molecular flexibility index (Phi) is 3.60. The van der Waals surface area contributed by atoms with Crippen molar-refractivity contribution in [2.24, 2.45) is 0 Å². The number of thioether (sulfide) groups is 1. The molecule has 1 amide bonds. The summed E-state index contributed by atoms with van der Waals surface area (Å²) in [5.41, 5.74) is 0.168. The molecule has 0 radical (unpaired) electrons. The fourth-order valence-electron chi connectivity index (χ4n) is 2.46. The highest BCUT2D eigenvalue weighted by molar-refractivity contribution is 7.99. The monoisotopic (exact) mass is 314 g/mol. The van der Waals surface area contributed by atoms with Gasteiger partial charge in [-0.1, -0.05) is 17.7 Å². The van der Waals surface area contributed by atoms with E-state index in [1.807, 2.05) is 0 Å². The first-order valence-corrected chi connectivity index (χ1v) is 7.69. The van der Waals surface area contributed by atoms with Gasteiger partial charge in [-0.05, 0) is 12.1 Å². The Morgan fingerprint density at radius 3 is 3.10 bits per heavy atom. The molecule has 7 heteroatoms. The number of amides is 1. The summed E-state index contributed by atoms with van der Waals surface area (Å²) in [7, 11) is 0. The SMILES string of the molecule is N=C1O[C@@H]2CSC[C@@H]2N1C(=O)Cc1c(F)cccc1Cl. The van der Waals surface area contributed by atoms with Gasteiger partial charge >= 0.3 is 0 Å². The number of carbonyl (C=O) groups excluding carboxylic acids is 1. The Morgan fingerprint density at radius 2 is 2.35 bits per heavy atom. The minimum absolute atomic E-state index is 0.118. The largest absolute Gasteiger partial charge is 0.459 e. The first-order valence-electron chi connectivity index (χ1n) is 6.16. The Hall–Kier alpha value is -1.27. The second-order valence-corrected chi connectivity index (χ2v) is 6.19. The summed E-state index contributed by atoms with van der Waals surface area (Å²) in [6.45, 7) is 0. The molecule has 2 aliphatic rings. The van der Waals surface area contributed by atoms with Crippen LogP contribution >= 0.6 is 23.4 Å². The average molecular weight is 315 g/mol. The van der Waals surface area contributed by atoms with Gasteiger partial charge in [0.25, 0.3) is 6.02 Å². The Labute approximate surface area is 124 Å². The quantitative estimate of drug-likeness (QED) is 0.911. The van der Waals surface area contributed by atoms with Gasteiger partial charge in [0.05, 0.1) is 12.5 Å². The molecule has 2 atom stereocenters. The van der Waals surface area contributed by atoms with Gasteiger partial charge in [0, 0.05) is 22.1 Å². The number of nitrogens with one attached hydrogen (secondary N) is 1. The van der Waals surface area contributed by atoms with Gasteiger partial charge in [-0.3, -0.25) is 15.1 Å². The van der Waals surface area contributed by atoms with Crippen LogP contribution in [0.2, 0.25) is 5.02 Å². The predicted octanol–water partition coefficient (Wildman–Crippen LogP) is 2.30. The van der Waals surface area contributed by atoms with E-state index in [4.69, 9.17) is 21.7 Å². The van der Waals surface area contributed by atoms with Gasteiger partial charge in [0.2, 0.25) is 5.91 Å². The van der Waals surface area contributed by atoms with E-state index in [2.05, 4.69) is 0 Å². The van der Waals surface area contributed by atoms with Crippen molar-refractivity contribution in [3.63, 3.8) is 0 Å². The first-order chi connectivity index (χ1) is 9.58. The Bertz CT molecular complexity index is 563. The van der Waals surface area contributed by atoms with Crippen LogP contribution in [0.1, 0.15) is 5.56 Å². The third-order valence-electron chi connectivity index (χ3n) is 3.47. The van der Waals surface area contributed by atoms with E-state index in [0.29, 0.717) is 0 Å². The van der Waals surface area contributed by atoms with Crippen LogP contribution in [-0.4, -0.2) is 40.5 Å². The molecule has 2 heterocycles. The van der Waals surface area contributed by atoms with Gasteiger partial charge in [0.15, 0.2) is 0 Å². The molecule has 2 saturated heterocycles. The number of ether oxygens (including phenoxy) is 1. The summed E-state index contributed by atoms with van der Waals surface area (Å²) < 4.78 is 19.1. The molecule has 2 aliphatic heterocycles. The summed E-state index contributed by atoms with van der Waals surface area (Å²) in [4.78, 5) is 13.7. The van der Waals surface area contributed by atoms with Crippen LogP contribution in [0, 0.1) is 11.2 Å². The summed E-state index contributed by atoms with van der Waals surface area (Å²) in [5, 5.41) is 7.98. The molecule has 0 spiro atoms. The number of amidine groups is 1. The van der Waals surface area contributed by atoms with Crippen LogP contribution in [0.25, 0.3) is 0 Å². The highest BCUT2D eigenvalue weighted by Crippen LogP contribution is 2.32.